The van der Waals surface area contributed by atoms with E-state index in [0.717, 1.165) is 18.3 Å². The maximum absolute atomic E-state index is 8.94. The average molecular weight is 184 g/mol. The van der Waals surface area contributed by atoms with Crippen molar-refractivity contribution in [2.75, 3.05) is 6.61 Å². The predicted molar refractivity (Wildman–Crippen MR) is 56.7 cm³/mol. The first-order chi connectivity index (χ1) is 6.36. The van der Waals surface area contributed by atoms with E-state index in [4.69, 9.17) is 5.11 Å². The number of hydrogen-bond donors (Lipinski definition) is 1. The third-order valence-electron chi connectivity index (χ3n) is 3.38. The molecule has 0 aliphatic heterocycles. The number of hydrogen-bond acceptors (Lipinski definition) is 1. The van der Waals surface area contributed by atoms with Gasteiger partial charge in [-0.1, -0.05) is 45.4 Å². The Labute approximate surface area is 82.5 Å². The van der Waals surface area contributed by atoms with Crippen LogP contribution < -0.4 is 0 Å². The molecule has 0 aromatic rings. The summed E-state index contributed by atoms with van der Waals surface area (Å²) in [5.74, 6) is 1.79. The van der Waals surface area contributed by atoms with E-state index in [1.54, 1.807) is 0 Å². The van der Waals surface area contributed by atoms with Gasteiger partial charge in [-0.2, -0.15) is 0 Å². The van der Waals surface area contributed by atoms with Gasteiger partial charge in [-0.3, -0.25) is 0 Å². The van der Waals surface area contributed by atoms with E-state index in [1.165, 1.54) is 44.9 Å². The number of aliphatic hydroxyl groups excluding tert-OH is 1. The Morgan fingerprint density at radius 1 is 1.23 bits per heavy atom. The minimum Gasteiger partial charge on any atom is -0.396 e. The van der Waals surface area contributed by atoms with Gasteiger partial charge in [-0.05, 0) is 24.7 Å². The van der Waals surface area contributed by atoms with Crippen LogP contribution in [-0.4, -0.2) is 11.7 Å². The molecular formula is C12H24O. The van der Waals surface area contributed by atoms with E-state index < -0.39 is 0 Å². The summed E-state index contributed by atoms with van der Waals surface area (Å²) in [6, 6.07) is 0. The van der Waals surface area contributed by atoms with Crippen LogP contribution in [0.4, 0.5) is 0 Å². The zero-order chi connectivity index (χ0) is 9.52. The average Bonchev–Trinajstić information content (AvgIpc) is 2.58. The molecule has 0 bridgehead atoms. The summed E-state index contributed by atoms with van der Waals surface area (Å²) in [6.45, 7) is 2.64. The second-order valence-corrected chi connectivity index (χ2v) is 4.55. The first-order valence-corrected chi connectivity index (χ1v) is 5.97. The topological polar surface area (TPSA) is 20.2 Å². The molecular weight excluding hydrogens is 160 g/mol. The van der Waals surface area contributed by atoms with Gasteiger partial charge in [0.15, 0.2) is 0 Å². The summed E-state index contributed by atoms with van der Waals surface area (Å²) in [4.78, 5) is 0. The van der Waals surface area contributed by atoms with Gasteiger partial charge in [0.1, 0.15) is 0 Å². The van der Waals surface area contributed by atoms with Crippen LogP contribution in [-0.2, 0) is 0 Å². The molecule has 1 atom stereocenters. The molecule has 0 amide bonds. The molecule has 78 valence electrons. The molecule has 1 fully saturated rings. The Balaban J connectivity index is 2.19. The Kier molecular flexibility index (Phi) is 5.45. The van der Waals surface area contributed by atoms with Crippen molar-refractivity contribution in [3.05, 3.63) is 0 Å². The lowest BCUT2D eigenvalue weighted by atomic mass is 9.88. The van der Waals surface area contributed by atoms with Gasteiger partial charge in [-0.15, -0.1) is 0 Å². The zero-order valence-electron chi connectivity index (χ0n) is 8.97. The van der Waals surface area contributed by atoms with Crippen molar-refractivity contribution in [2.24, 2.45) is 11.8 Å². The fourth-order valence-corrected chi connectivity index (χ4v) is 2.69. The van der Waals surface area contributed by atoms with Gasteiger partial charge >= 0.3 is 0 Å². The predicted octanol–water partition coefficient (Wildman–Crippen LogP) is 3.37. The molecule has 1 unspecified atom stereocenters. The molecule has 0 aromatic carbocycles. The standard InChI is InChI=1S/C12H24O/c1-2-5-11(8-9-13)10-12-6-3-4-7-12/h11-13H,2-10H2,1H3. The van der Waals surface area contributed by atoms with Crippen LogP contribution in [0.25, 0.3) is 0 Å². The first kappa shape index (κ1) is 11.0. The molecule has 1 nitrogen and oxygen atoms in total. The minimum atomic E-state index is 0.386. The van der Waals surface area contributed by atoms with Gasteiger partial charge in [0.25, 0.3) is 0 Å². The molecule has 13 heavy (non-hydrogen) atoms. The monoisotopic (exact) mass is 184 g/mol. The molecule has 0 radical (unpaired) electrons. The molecule has 0 saturated heterocycles. The smallest absolute Gasteiger partial charge is 0.0433 e. The fourth-order valence-electron chi connectivity index (χ4n) is 2.69. The maximum atomic E-state index is 8.94. The summed E-state index contributed by atoms with van der Waals surface area (Å²) < 4.78 is 0. The van der Waals surface area contributed by atoms with Crippen molar-refractivity contribution in [1.82, 2.24) is 0 Å². The van der Waals surface area contributed by atoms with Crippen LogP contribution in [0.15, 0.2) is 0 Å². The summed E-state index contributed by atoms with van der Waals surface area (Å²) in [5.41, 5.74) is 0. The normalized spacial score (nSPS) is 20.8. The summed E-state index contributed by atoms with van der Waals surface area (Å²) in [5, 5.41) is 8.94. The number of rotatable bonds is 6. The molecule has 0 heterocycles. The van der Waals surface area contributed by atoms with Crippen molar-refractivity contribution in [3.63, 3.8) is 0 Å². The molecule has 0 spiro atoms. The maximum Gasteiger partial charge on any atom is 0.0433 e. The van der Waals surface area contributed by atoms with Gasteiger partial charge in [0, 0.05) is 6.61 Å². The van der Waals surface area contributed by atoms with Crippen LogP contribution in [0.1, 0.15) is 58.3 Å². The lowest BCUT2D eigenvalue weighted by Crippen LogP contribution is -2.08. The highest BCUT2D eigenvalue weighted by Crippen LogP contribution is 2.32. The quantitative estimate of drug-likeness (QED) is 0.671. The molecule has 1 aliphatic rings. The largest absolute Gasteiger partial charge is 0.396 e. The van der Waals surface area contributed by atoms with Gasteiger partial charge in [-0.25, -0.2) is 0 Å². The van der Waals surface area contributed by atoms with E-state index in [2.05, 4.69) is 6.92 Å². The van der Waals surface area contributed by atoms with Gasteiger partial charge < -0.3 is 5.11 Å². The van der Waals surface area contributed by atoms with Crippen molar-refractivity contribution in [2.45, 2.75) is 58.3 Å². The Hall–Kier alpha value is -0.0400. The molecule has 1 saturated carbocycles. The zero-order valence-corrected chi connectivity index (χ0v) is 8.97. The van der Waals surface area contributed by atoms with Crippen LogP contribution in [0.5, 0.6) is 0 Å². The molecule has 1 aliphatic carbocycles. The van der Waals surface area contributed by atoms with E-state index in [0.29, 0.717) is 6.61 Å². The minimum absolute atomic E-state index is 0.386. The van der Waals surface area contributed by atoms with Crippen molar-refractivity contribution in [1.29, 1.82) is 0 Å². The van der Waals surface area contributed by atoms with E-state index in [1.807, 2.05) is 0 Å². The van der Waals surface area contributed by atoms with Crippen LogP contribution in [0.2, 0.25) is 0 Å². The SMILES string of the molecule is CCCC(CCO)CC1CCCC1. The van der Waals surface area contributed by atoms with Crippen LogP contribution >= 0.6 is 0 Å². The fraction of sp³-hybridized carbons (Fsp3) is 1.00. The summed E-state index contributed by atoms with van der Waals surface area (Å²) >= 11 is 0. The Bertz CT molecular complexity index is 110. The van der Waals surface area contributed by atoms with Crippen LogP contribution in [0, 0.1) is 11.8 Å². The van der Waals surface area contributed by atoms with Crippen LogP contribution in [0.3, 0.4) is 0 Å². The van der Waals surface area contributed by atoms with E-state index >= 15 is 0 Å². The molecule has 1 rings (SSSR count). The molecule has 0 aromatic heterocycles. The van der Waals surface area contributed by atoms with Crippen molar-refractivity contribution in [3.8, 4) is 0 Å². The molecule has 1 heteroatoms. The third kappa shape index (κ3) is 4.12. The highest BCUT2D eigenvalue weighted by molar-refractivity contribution is 4.71. The lowest BCUT2D eigenvalue weighted by Gasteiger charge is -2.18. The second-order valence-electron chi connectivity index (χ2n) is 4.55. The van der Waals surface area contributed by atoms with E-state index in [-0.39, 0.29) is 0 Å². The summed E-state index contributed by atoms with van der Waals surface area (Å²) in [7, 11) is 0. The first-order valence-electron chi connectivity index (χ1n) is 5.97. The van der Waals surface area contributed by atoms with Gasteiger partial charge in [0.05, 0.1) is 0 Å². The highest BCUT2D eigenvalue weighted by atomic mass is 16.3. The highest BCUT2D eigenvalue weighted by Gasteiger charge is 2.19. The Morgan fingerprint density at radius 3 is 2.46 bits per heavy atom. The number of aliphatic hydroxyl groups is 1. The molecule has 1 N–H and O–H groups in total. The second kappa shape index (κ2) is 6.42. The van der Waals surface area contributed by atoms with Gasteiger partial charge in [0.2, 0.25) is 0 Å². The van der Waals surface area contributed by atoms with Crippen molar-refractivity contribution >= 4 is 0 Å². The Morgan fingerprint density at radius 2 is 1.92 bits per heavy atom. The van der Waals surface area contributed by atoms with Crippen molar-refractivity contribution < 1.29 is 5.11 Å². The van der Waals surface area contributed by atoms with E-state index in [9.17, 15) is 0 Å². The lowest BCUT2D eigenvalue weighted by molar-refractivity contribution is 0.231. The summed E-state index contributed by atoms with van der Waals surface area (Å²) in [6.07, 6.45) is 10.8. The third-order valence-corrected chi connectivity index (χ3v) is 3.38.